The molecule has 11 heteroatoms. The van der Waals surface area contributed by atoms with Crippen LogP contribution in [0.15, 0.2) is 45.6 Å². The number of hydrogen-bond donors (Lipinski definition) is 4. The third-order valence-corrected chi connectivity index (χ3v) is 6.39. The molecule has 0 spiro atoms. The number of benzene rings is 3. The number of carbonyl (C=O) groups is 1. The van der Waals surface area contributed by atoms with E-state index in [2.05, 4.69) is 0 Å². The summed E-state index contributed by atoms with van der Waals surface area (Å²) in [6.45, 7) is -0.00771. The van der Waals surface area contributed by atoms with Crippen molar-refractivity contribution < 1.29 is 48.6 Å². The zero-order chi connectivity index (χ0) is 26.0. The molecule has 0 bridgehead atoms. The van der Waals surface area contributed by atoms with Crippen LogP contribution >= 0.6 is 0 Å². The van der Waals surface area contributed by atoms with Gasteiger partial charge in [-0.2, -0.15) is 0 Å². The van der Waals surface area contributed by atoms with Crippen molar-refractivity contribution in [1.29, 1.82) is 0 Å². The highest BCUT2D eigenvalue weighted by molar-refractivity contribution is 5.94. The van der Waals surface area contributed by atoms with Gasteiger partial charge in [0, 0.05) is 23.1 Å². The molecule has 1 aromatic heterocycles. The van der Waals surface area contributed by atoms with Crippen molar-refractivity contribution in [3.8, 4) is 57.3 Å². The largest absolute Gasteiger partial charge is 0.507 e. The molecule has 0 aliphatic carbocycles. The molecule has 4 N–H and O–H groups in total. The first-order valence-electron chi connectivity index (χ1n) is 11.0. The van der Waals surface area contributed by atoms with Crippen LogP contribution in [0.25, 0.3) is 22.3 Å². The molecule has 11 nitrogen and oxygen atoms in total. The molecule has 6 rings (SSSR count). The highest BCUT2D eigenvalue weighted by Gasteiger charge is 2.36. The van der Waals surface area contributed by atoms with Crippen LogP contribution in [0.1, 0.15) is 23.5 Å². The Morgan fingerprint density at radius 3 is 2.49 bits per heavy atom. The van der Waals surface area contributed by atoms with Gasteiger partial charge in [0.15, 0.2) is 28.8 Å². The van der Waals surface area contributed by atoms with Gasteiger partial charge in [-0.1, -0.05) is 0 Å². The lowest BCUT2D eigenvalue weighted by Gasteiger charge is -2.26. The maximum absolute atomic E-state index is 13.2. The Labute approximate surface area is 207 Å². The van der Waals surface area contributed by atoms with E-state index in [0.29, 0.717) is 22.8 Å². The van der Waals surface area contributed by atoms with Gasteiger partial charge in [-0.05, 0) is 35.9 Å². The number of carbonyl (C=O) groups excluding carboxylic acids is 1. The number of rotatable bonds is 3. The Kier molecular flexibility index (Phi) is 4.83. The van der Waals surface area contributed by atoms with E-state index in [4.69, 9.17) is 23.4 Å². The summed E-state index contributed by atoms with van der Waals surface area (Å²) in [5.41, 5.74) is -0.157. The average molecular weight is 506 g/mol. The van der Waals surface area contributed by atoms with Gasteiger partial charge in [0.2, 0.25) is 23.7 Å². The van der Waals surface area contributed by atoms with Crippen molar-refractivity contribution in [2.24, 2.45) is 0 Å². The van der Waals surface area contributed by atoms with E-state index in [-0.39, 0.29) is 46.8 Å². The van der Waals surface area contributed by atoms with Crippen molar-refractivity contribution in [3.05, 3.63) is 57.7 Å². The fraction of sp³-hybridized carbons (Fsp3) is 0.154. The average Bonchev–Trinajstić information content (AvgIpc) is 3.35. The van der Waals surface area contributed by atoms with Gasteiger partial charge in [-0.15, -0.1) is 0 Å². The lowest BCUT2D eigenvalue weighted by atomic mass is 9.84. The van der Waals surface area contributed by atoms with Crippen LogP contribution < -0.4 is 24.4 Å². The van der Waals surface area contributed by atoms with Gasteiger partial charge < -0.3 is 43.8 Å². The molecule has 0 saturated carbocycles. The van der Waals surface area contributed by atoms with Crippen LogP contribution in [0.3, 0.4) is 0 Å². The van der Waals surface area contributed by atoms with Crippen LogP contribution in [0.5, 0.6) is 46.0 Å². The van der Waals surface area contributed by atoms with Crippen LogP contribution in [0.2, 0.25) is 0 Å². The molecule has 1 atom stereocenters. The number of phenolic OH excluding ortho intramolecular Hbond substituents is 3. The first kappa shape index (κ1) is 22.4. The Hall–Kier alpha value is -5.06. The molecular weight excluding hydrogens is 488 g/mol. The van der Waals surface area contributed by atoms with Gasteiger partial charge in [0.1, 0.15) is 22.5 Å². The molecule has 0 fully saturated rings. The summed E-state index contributed by atoms with van der Waals surface area (Å²) in [6, 6.07) is 8.05. The molecular formula is C26H18O11. The van der Waals surface area contributed by atoms with Crippen molar-refractivity contribution in [2.75, 3.05) is 13.9 Å². The predicted octanol–water partition coefficient (Wildman–Crippen LogP) is 3.46. The molecule has 188 valence electrons. The predicted molar refractivity (Wildman–Crippen MR) is 126 cm³/mol. The van der Waals surface area contributed by atoms with Gasteiger partial charge in [-0.3, -0.25) is 9.59 Å². The summed E-state index contributed by atoms with van der Waals surface area (Å²) in [7, 11) is 1.46. The van der Waals surface area contributed by atoms with Gasteiger partial charge in [0.25, 0.3) is 0 Å². The molecule has 37 heavy (non-hydrogen) atoms. The monoisotopic (exact) mass is 506 g/mol. The van der Waals surface area contributed by atoms with Crippen LogP contribution in [0, 0.1) is 0 Å². The SMILES string of the molecule is COc1cc([C@@H]2CC(=O)Oc3cc(O)c4c(=O)c(O)c(-c5ccc(O)c(O)c5)oc4c32)cc2c1OCO2. The van der Waals surface area contributed by atoms with Crippen molar-refractivity contribution in [3.63, 3.8) is 0 Å². The molecule has 2 aliphatic heterocycles. The minimum Gasteiger partial charge on any atom is -0.507 e. The molecule has 0 unspecified atom stereocenters. The number of esters is 1. The second kappa shape index (κ2) is 7.98. The zero-order valence-corrected chi connectivity index (χ0v) is 19.1. The molecule has 0 amide bonds. The minimum atomic E-state index is -0.942. The molecule has 0 saturated heterocycles. The second-order valence-electron chi connectivity index (χ2n) is 8.51. The summed E-state index contributed by atoms with van der Waals surface area (Å²) < 4.78 is 27.8. The summed E-state index contributed by atoms with van der Waals surface area (Å²) >= 11 is 0. The quantitative estimate of drug-likeness (QED) is 0.183. The summed E-state index contributed by atoms with van der Waals surface area (Å²) in [4.78, 5) is 25.7. The van der Waals surface area contributed by atoms with E-state index in [9.17, 15) is 30.0 Å². The highest BCUT2D eigenvalue weighted by atomic mass is 16.7. The number of hydrogen-bond acceptors (Lipinski definition) is 11. The minimum absolute atomic E-state index is 0.00771. The van der Waals surface area contributed by atoms with Gasteiger partial charge in [-0.25, -0.2) is 0 Å². The maximum atomic E-state index is 13.2. The van der Waals surface area contributed by atoms with Crippen LogP contribution in [-0.2, 0) is 4.79 Å². The topological polar surface area (TPSA) is 165 Å². The third-order valence-electron chi connectivity index (χ3n) is 6.39. The smallest absolute Gasteiger partial charge is 0.312 e. The normalized spacial score (nSPS) is 15.9. The van der Waals surface area contributed by atoms with Crippen LogP contribution in [0.4, 0.5) is 0 Å². The van der Waals surface area contributed by atoms with Gasteiger partial charge >= 0.3 is 5.97 Å². The summed E-state index contributed by atoms with van der Waals surface area (Å²) in [5, 5.41) is 40.6. The zero-order valence-electron chi connectivity index (χ0n) is 19.1. The fourth-order valence-corrected chi connectivity index (χ4v) is 4.68. The van der Waals surface area contributed by atoms with Gasteiger partial charge in [0.05, 0.1) is 13.5 Å². The lowest BCUT2D eigenvalue weighted by Crippen LogP contribution is -2.22. The molecule has 0 radical (unpaired) electrons. The van der Waals surface area contributed by atoms with E-state index < -0.39 is 40.3 Å². The number of fused-ring (bicyclic) bond motifs is 4. The van der Waals surface area contributed by atoms with Crippen molar-refractivity contribution in [1.82, 2.24) is 0 Å². The van der Waals surface area contributed by atoms with E-state index in [1.807, 2.05) is 0 Å². The molecule has 4 aromatic rings. The fourth-order valence-electron chi connectivity index (χ4n) is 4.68. The van der Waals surface area contributed by atoms with E-state index in [0.717, 1.165) is 18.2 Å². The Balaban J connectivity index is 1.65. The Bertz CT molecular complexity index is 1690. The Morgan fingerprint density at radius 2 is 1.73 bits per heavy atom. The second-order valence-corrected chi connectivity index (χ2v) is 8.51. The summed E-state index contributed by atoms with van der Waals surface area (Å²) in [5.74, 6) is -2.78. The molecule has 3 heterocycles. The number of aromatic hydroxyl groups is 4. The number of methoxy groups -OCH3 is 1. The Morgan fingerprint density at radius 1 is 0.919 bits per heavy atom. The van der Waals surface area contributed by atoms with E-state index >= 15 is 0 Å². The van der Waals surface area contributed by atoms with Crippen molar-refractivity contribution in [2.45, 2.75) is 12.3 Å². The number of ether oxygens (including phenoxy) is 4. The first-order valence-corrected chi connectivity index (χ1v) is 11.0. The maximum Gasteiger partial charge on any atom is 0.312 e. The molecule has 2 aliphatic rings. The standard InChI is InChI=1S/C26H18O11/c1-33-17-5-11(6-18-25(17)35-9-34-18)12-7-19(30)36-16-8-15(29)21-22(31)23(32)24(37-26(21)20(12)16)10-2-3-13(27)14(28)4-10/h2-6,8,12,27-29,32H,7,9H2,1H3/t12-/m0/s1. The third kappa shape index (κ3) is 3.35. The molecule has 3 aromatic carbocycles. The van der Waals surface area contributed by atoms with Crippen LogP contribution in [-0.4, -0.2) is 40.3 Å². The lowest BCUT2D eigenvalue weighted by molar-refractivity contribution is -0.135. The van der Waals surface area contributed by atoms with E-state index in [1.54, 1.807) is 12.1 Å². The highest BCUT2D eigenvalue weighted by Crippen LogP contribution is 2.50. The summed E-state index contributed by atoms with van der Waals surface area (Å²) in [6.07, 6.45) is -0.143. The van der Waals surface area contributed by atoms with Crippen molar-refractivity contribution >= 4 is 16.9 Å². The first-order chi connectivity index (χ1) is 17.8. The van der Waals surface area contributed by atoms with E-state index in [1.165, 1.54) is 13.2 Å². The number of phenols is 3.